The molecule has 1 heterocycles. The molecule has 0 aromatic heterocycles. The van der Waals surface area contributed by atoms with E-state index in [0.717, 1.165) is 0 Å². The molecule has 0 aromatic carbocycles. The van der Waals surface area contributed by atoms with Gasteiger partial charge in [-0.15, -0.1) is 11.6 Å². The van der Waals surface area contributed by atoms with Crippen molar-refractivity contribution in [2.75, 3.05) is 0 Å². The van der Waals surface area contributed by atoms with Gasteiger partial charge in [-0.1, -0.05) is 6.08 Å². The summed E-state index contributed by atoms with van der Waals surface area (Å²) in [5.74, 6) is -2.52. The summed E-state index contributed by atoms with van der Waals surface area (Å²) in [7, 11) is 0. The van der Waals surface area contributed by atoms with Crippen molar-refractivity contribution >= 4 is 18.0 Å². The van der Waals surface area contributed by atoms with Crippen molar-refractivity contribution in [1.29, 1.82) is 0 Å². The first kappa shape index (κ1) is 19.0. The molecular formula is C15H24N2O6. The average molecular weight is 328 g/mol. The topological polar surface area (TPSA) is 122 Å². The first-order chi connectivity index (χ1) is 10.5. The van der Waals surface area contributed by atoms with Gasteiger partial charge in [0.2, 0.25) is 0 Å². The van der Waals surface area contributed by atoms with Crippen molar-refractivity contribution < 1.29 is 29.1 Å². The third-order valence-electron chi connectivity index (χ3n) is 3.32. The molecule has 0 saturated carbocycles. The van der Waals surface area contributed by atoms with Crippen LogP contribution in [0.5, 0.6) is 0 Å². The molecule has 23 heavy (non-hydrogen) atoms. The molecule has 1 fully saturated rings. The van der Waals surface area contributed by atoms with Gasteiger partial charge in [0.25, 0.3) is 5.54 Å². The van der Waals surface area contributed by atoms with Gasteiger partial charge in [-0.25, -0.2) is 14.4 Å². The average Bonchev–Trinajstić information content (AvgIpc) is 3.09. The van der Waals surface area contributed by atoms with E-state index in [1.54, 1.807) is 26.8 Å². The lowest BCUT2D eigenvalue weighted by molar-refractivity contribution is -0.181. The standard InChI is InChI=1S/C15H24N2O6/c1-5-7-10(16)8-6-9-15(11(18)19,17-13(21)23-17)12(20)22-14(2,3)4/h5,10H,1,6-9,16H2,2-4H3,(H,18,19)/t10?,15-,17?/m0/s1. The Morgan fingerprint density at radius 1 is 1.48 bits per heavy atom. The van der Waals surface area contributed by atoms with Crippen molar-refractivity contribution in [3.05, 3.63) is 12.7 Å². The van der Waals surface area contributed by atoms with Gasteiger partial charge in [-0.2, -0.15) is 0 Å². The van der Waals surface area contributed by atoms with Crippen LogP contribution in [0.2, 0.25) is 0 Å². The number of nitrogens with two attached hydrogens (primary N) is 1. The van der Waals surface area contributed by atoms with Crippen LogP contribution in [0.15, 0.2) is 12.7 Å². The highest BCUT2D eigenvalue weighted by Crippen LogP contribution is 2.35. The van der Waals surface area contributed by atoms with E-state index in [1.165, 1.54) is 0 Å². The molecule has 1 rings (SSSR count). The number of aliphatic carboxylic acids is 1. The number of esters is 1. The van der Waals surface area contributed by atoms with Crippen molar-refractivity contribution in [3.8, 4) is 0 Å². The fraction of sp³-hybridized carbons (Fsp3) is 0.667. The monoisotopic (exact) mass is 328 g/mol. The Kier molecular flexibility index (Phi) is 5.76. The Morgan fingerprint density at radius 3 is 2.43 bits per heavy atom. The van der Waals surface area contributed by atoms with Crippen molar-refractivity contribution in [2.45, 2.75) is 63.6 Å². The molecule has 1 amide bonds. The van der Waals surface area contributed by atoms with Crippen LogP contribution in [0.3, 0.4) is 0 Å². The van der Waals surface area contributed by atoms with Crippen LogP contribution in [-0.4, -0.2) is 45.4 Å². The molecule has 8 heteroatoms. The third-order valence-corrected chi connectivity index (χ3v) is 3.32. The first-order valence-electron chi connectivity index (χ1n) is 7.40. The summed E-state index contributed by atoms with van der Waals surface area (Å²) < 4.78 is 5.18. The van der Waals surface area contributed by atoms with E-state index < -0.39 is 29.2 Å². The van der Waals surface area contributed by atoms with Crippen LogP contribution < -0.4 is 5.73 Å². The zero-order valence-corrected chi connectivity index (χ0v) is 13.7. The maximum Gasteiger partial charge on any atom is 0.469 e. The molecule has 1 aliphatic heterocycles. The number of carbonyl (C=O) groups excluding carboxylic acids is 2. The molecule has 3 N–H and O–H groups in total. The van der Waals surface area contributed by atoms with E-state index in [4.69, 9.17) is 10.5 Å². The molecule has 0 aliphatic carbocycles. The normalized spacial score (nSPS) is 17.7. The summed E-state index contributed by atoms with van der Waals surface area (Å²) in [5.41, 5.74) is 2.76. The number of hydrogen-bond acceptors (Lipinski definition) is 6. The molecule has 0 aromatic rings. The summed E-state index contributed by atoms with van der Waals surface area (Å²) in [6.45, 7) is 8.42. The highest BCUT2D eigenvalue weighted by atomic mass is 16.9. The van der Waals surface area contributed by atoms with E-state index in [9.17, 15) is 19.5 Å². The summed E-state index contributed by atoms with van der Waals surface area (Å²) in [4.78, 5) is 40.0. The molecule has 0 spiro atoms. The van der Waals surface area contributed by atoms with E-state index in [1.807, 2.05) is 0 Å². The number of ether oxygens (including phenoxy) is 1. The van der Waals surface area contributed by atoms with Gasteiger partial charge in [-0.05, 0) is 46.5 Å². The van der Waals surface area contributed by atoms with Crippen LogP contribution >= 0.6 is 0 Å². The third kappa shape index (κ3) is 4.69. The Labute approximate surface area is 135 Å². The highest BCUT2D eigenvalue weighted by Gasteiger charge is 2.65. The number of carbonyl (C=O) groups is 3. The van der Waals surface area contributed by atoms with Gasteiger partial charge in [0, 0.05) is 6.04 Å². The van der Waals surface area contributed by atoms with Crippen molar-refractivity contribution in [3.63, 3.8) is 0 Å². The lowest BCUT2D eigenvalue weighted by Crippen LogP contribution is -2.56. The second kappa shape index (κ2) is 6.99. The maximum atomic E-state index is 12.4. The minimum Gasteiger partial charge on any atom is -0.479 e. The number of carboxylic acid groups (broad SMARTS) is 1. The van der Waals surface area contributed by atoms with Gasteiger partial charge in [0.1, 0.15) is 5.60 Å². The van der Waals surface area contributed by atoms with E-state index in [0.29, 0.717) is 24.3 Å². The van der Waals surface area contributed by atoms with Crippen molar-refractivity contribution in [2.24, 2.45) is 5.73 Å². The fourth-order valence-electron chi connectivity index (χ4n) is 2.17. The van der Waals surface area contributed by atoms with Gasteiger partial charge < -0.3 is 20.4 Å². The lowest BCUT2D eigenvalue weighted by atomic mass is 9.90. The molecule has 0 bridgehead atoms. The van der Waals surface area contributed by atoms with Crippen LogP contribution in [0.25, 0.3) is 0 Å². The van der Waals surface area contributed by atoms with Crippen LogP contribution in [0.4, 0.5) is 4.79 Å². The summed E-state index contributed by atoms with van der Waals surface area (Å²) in [6, 6.07) is -0.191. The van der Waals surface area contributed by atoms with Gasteiger partial charge in [0.15, 0.2) is 0 Å². The molecule has 130 valence electrons. The Bertz CT molecular complexity index is 499. The number of carboxylic acids is 1. The Morgan fingerprint density at radius 2 is 2.04 bits per heavy atom. The largest absolute Gasteiger partial charge is 0.479 e. The van der Waals surface area contributed by atoms with Crippen LogP contribution in [0, 0.1) is 0 Å². The van der Waals surface area contributed by atoms with Crippen LogP contribution in [0.1, 0.15) is 46.5 Å². The van der Waals surface area contributed by atoms with Gasteiger partial charge >= 0.3 is 18.0 Å². The second-order valence-corrected chi connectivity index (χ2v) is 6.50. The highest BCUT2D eigenvalue weighted by molar-refractivity contribution is 6.08. The Balaban J connectivity index is 2.92. The predicted molar refractivity (Wildman–Crippen MR) is 81.2 cm³/mol. The van der Waals surface area contributed by atoms with E-state index in [2.05, 4.69) is 11.4 Å². The zero-order valence-electron chi connectivity index (χ0n) is 13.7. The summed E-state index contributed by atoms with van der Waals surface area (Å²) >= 11 is 0. The smallest absolute Gasteiger partial charge is 0.469 e. The molecule has 1 aliphatic rings. The molecular weight excluding hydrogens is 304 g/mol. The number of hydrogen-bond donors (Lipinski definition) is 2. The first-order valence-corrected chi connectivity index (χ1v) is 7.40. The molecule has 0 radical (unpaired) electrons. The van der Waals surface area contributed by atoms with Crippen molar-refractivity contribution in [1.82, 2.24) is 5.06 Å². The zero-order chi connectivity index (χ0) is 17.8. The SMILES string of the molecule is C=CCC(N)CCC[C@](C(=O)O)(C(=O)OC(C)(C)C)N1OC1=O. The second-order valence-electron chi connectivity index (χ2n) is 6.50. The minimum atomic E-state index is -2.18. The molecule has 2 atom stereocenters. The number of rotatable bonds is 9. The number of amides is 1. The molecule has 1 saturated heterocycles. The minimum absolute atomic E-state index is 0.145. The fourth-order valence-corrected chi connectivity index (χ4v) is 2.17. The van der Waals surface area contributed by atoms with Gasteiger partial charge in [0.05, 0.1) is 0 Å². The lowest BCUT2D eigenvalue weighted by Gasteiger charge is -2.29. The maximum absolute atomic E-state index is 12.4. The van der Waals surface area contributed by atoms with E-state index in [-0.39, 0.29) is 12.5 Å². The molecule has 8 nitrogen and oxygen atoms in total. The number of hydroxylamine groups is 2. The van der Waals surface area contributed by atoms with Gasteiger partial charge in [-0.3, -0.25) is 0 Å². The summed E-state index contributed by atoms with van der Waals surface area (Å²) in [5, 5.41) is 10.1. The van der Waals surface area contributed by atoms with E-state index >= 15 is 0 Å². The van der Waals surface area contributed by atoms with Crippen LogP contribution in [-0.2, 0) is 19.2 Å². The molecule has 1 unspecified atom stereocenters. The Hall–Kier alpha value is -2.09. The quantitative estimate of drug-likeness (QED) is 0.285. The number of nitrogens with zero attached hydrogens (tertiary/aromatic N) is 1. The predicted octanol–water partition coefficient (Wildman–Crippen LogP) is 1.59. The summed E-state index contributed by atoms with van der Waals surface area (Å²) in [6.07, 6.45) is 2.02.